The predicted molar refractivity (Wildman–Crippen MR) is 133 cm³/mol. The van der Waals surface area contributed by atoms with Crippen LogP contribution in [0.1, 0.15) is 22.3 Å². The molecule has 7 heteroatoms. The molecule has 3 aromatic carbocycles. The maximum absolute atomic E-state index is 13.1. The van der Waals surface area contributed by atoms with Gasteiger partial charge in [0.1, 0.15) is 4.21 Å². The first kappa shape index (κ1) is 21.4. The first-order chi connectivity index (χ1) is 16.0. The third-order valence-electron chi connectivity index (χ3n) is 5.71. The van der Waals surface area contributed by atoms with Gasteiger partial charge in [-0.15, -0.1) is 11.3 Å². The summed E-state index contributed by atoms with van der Waals surface area (Å²) < 4.78 is 27.9. The Morgan fingerprint density at radius 3 is 2.36 bits per heavy atom. The van der Waals surface area contributed by atoms with Gasteiger partial charge in [-0.2, -0.15) is 0 Å². The average molecular weight is 475 g/mol. The molecular weight excluding hydrogens is 452 g/mol. The lowest BCUT2D eigenvalue weighted by Gasteiger charge is -2.30. The maximum atomic E-state index is 13.1. The van der Waals surface area contributed by atoms with Gasteiger partial charge < -0.3 is 5.32 Å². The van der Waals surface area contributed by atoms with E-state index in [0.29, 0.717) is 27.7 Å². The first-order valence-electron chi connectivity index (χ1n) is 10.7. The van der Waals surface area contributed by atoms with Gasteiger partial charge in [0.05, 0.1) is 5.69 Å². The lowest BCUT2D eigenvalue weighted by molar-refractivity contribution is 0.102. The number of hydrogen-bond acceptors (Lipinski definition) is 4. The van der Waals surface area contributed by atoms with Gasteiger partial charge >= 0.3 is 0 Å². The molecule has 0 radical (unpaired) electrons. The third kappa shape index (κ3) is 4.29. The molecule has 5 rings (SSSR count). The summed E-state index contributed by atoms with van der Waals surface area (Å²) in [4.78, 5) is 12.8. The second kappa shape index (κ2) is 8.84. The van der Waals surface area contributed by atoms with Crippen molar-refractivity contribution in [1.82, 2.24) is 0 Å². The van der Waals surface area contributed by atoms with E-state index in [1.165, 1.54) is 15.6 Å². The molecule has 0 unspecified atom stereocenters. The number of nitrogens with zero attached hydrogens (tertiary/aromatic N) is 1. The van der Waals surface area contributed by atoms with Gasteiger partial charge in [0.25, 0.3) is 15.9 Å². The van der Waals surface area contributed by atoms with Crippen LogP contribution in [0.4, 0.5) is 11.4 Å². The molecule has 1 N–H and O–H groups in total. The summed E-state index contributed by atoms with van der Waals surface area (Å²) in [5, 5.41) is 4.71. The number of aryl methyl sites for hydroxylation is 1. The van der Waals surface area contributed by atoms with E-state index < -0.39 is 10.0 Å². The zero-order valence-corrected chi connectivity index (χ0v) is 19.4. The zero-order valence-electron chi connectivity index (χ0n) is 17.8. The van der Waals surface area contributed by atoms with Gasteiger partial charge in [-0.25, -0.2) is 8.42 Å². The fourth-order valence-corrected chi connectivity index (χ4v) is 6.70. The molecule has 0 saturated carbocycles. The number of fused-ring (bicyclic) bond motifs is 1. The van der Waals surface area contributed by atoms with Crippen molar-refractivity contribution in [1.29, 1.82) is 0 Å². The molecule has 0 aliphatic carbocycles. The number of benzene rings is 3. The molecule has 0 atom stereocenters. The van der Waals surface area contributed by atoms with Gasteiger partial charge in [0.2, 0.25) is 0 Å². The Kier molecular flexibility index (Phi) is 5.74. The fraction of sp³-hybridized carbons (Fsp3) is 0.115. The SMILES string of the molecule is O=C(Nc1ccc2c(c1)CCCN2S(=O)(=O)c1cccs1)c1ccc(-c2ccccc2)cc1. The Bertz CT molecular complexity index is 1380. The van der Waals surface area contributed by atoms with E-state index in [2.05, 4.69) is 5.32 Å². The van der Waals surface area contributed by atoms with Crippen molar-refractivity contribution in [3.05, 3.63) is 101 Å². The molecule has 0 bridgehead atoms. The molecule has 1 amide bonds. The summed E-state index contributed by atoms with van der Waals surface area (Å²) in [6.07, 6.45) is 1.50. The van der Waals surface area contributed by atoms with Crippen LogP contribution >= 0.6 is 11.3 Å². The van der Waals surface area contributed by atoms with E-state index in [0.717, 1.165) is 29.5 Å². The standard InChI is InChI=1S/C26H22N2O3S2/c29-26(21-12-10-20(11-13-21)19-6-2-1-3-7-19)27-23-14-15-24-22(18-23)8-4-16-28(24)33(30,31)25-9-5-17-32-25/h1-3,5-7,9-15,17-18H,4,8,16H2,(H,27,29). The highest BCUT2D eigenvalue weighted by Gasteiger charge is 2.30. The summed E-state index contributed by atoms with van der Waals surface area (Å²) >= 11 is 1.22. The van der Waals surface area contributed by atoms with E-state index >= 15 is 0 Å². The molecule has 4 aromatic rings. The molecule has 5 nitrogen and oxygen atoms in total. The van der Waals surface area contributed by atoms with Crippen molar-refractivity contribution in [3.8, 4) is 11.1 Å². The topological polar surface area (TPSA) is 66.5 Å². The molecule has 0 spiro atoms. The highest BCUT2D eigenvalue weighted by molar-refractivity contribution is 7.94. The predicted octanol–water partition coefficient (Wildman–Crippen LogP) is 5.81. The molecular formula is C26H22N2O3S2. The van der Waals surface area contributed by atoms with Crippen LogP contribution in [0.15, 0.2) is 94.5 Å². The minimum absolute atomic E-state index is 0.201. The van der Waals surface area contributed by atoms with Crippen molar-refractivity contribution < 1.29 is 13.2 Å². The molecule has 0 fully saturated rings. The second-order valence-electron chi connectivity index (χ2n) is 7.85. The zero-order chi connectivity index (χ0) is 22.8. The van der Waals surface area contributed by atoms with E-state index in [9.17, 15) is 13.2 Å². The summed E-state index contributed by atoms with van der Waals surface area (Å²) in [5.74, 6) is -0.201. The van der Waals surface area contributed by atoms with Crippen molar-refractivity contribution >= 4 is 38.6 Å². The minimum atomic E-state index is -3.57. The van der Waals surface area contributed by atoms with E-state index in [1.54, 1.807) is 29.6 Å². The van der Waals surface area contributed by atoms with Crippen LogP contribution in [0.25, 0.3) is 11.1 Å². The van der Waals surface area contributed by atoms with Crippen LogP contribution in [0.2, 0.25) is 0 Å². The number of rotatable bonds is 5. The van der Waals surface area contributed by atoms with Crippen LogP contribution in [0.5, 0.6) is 0 Å². The monoisotopic (exact) mass is 474 g/mol. The Balaban J connectivity index is 1.35. The lowest BCUT2D eigenvalue weighted by atomic mass is 10.0. The quantitative estimate of drug-likeness (QED) is 0.397. The number of hydrogen-bond donors (Lipinski definition) is 1. The van der Waals surface area contributed by atoms with Crippen LogP contribution in [-0.2, 0) is 16.4 Å². The van der Waals surface area contributed by atoms with Crippen molar-refractivity contribution in [2.24, 2.45) is 0 Å². The van der Waals surface area contributed by atoms with Gasteiger partial charge in [-0.1, -0.05) is 48.5 Å². The van der Waals surface area contributed by atoms with Crippen molar-refractivity contribution in [2.45, 2.75) is 17.1 Å². The average Bonchev–Trinajstić information content (AvgIpc) is 3.40. The second-order valence-corrected chi connectivity index (χ2v) is 10.9. The van der Waals surface area contributed by atoms with E-state index in [-0.39, 0.29) is 5.91 Å². The first-order valence-corrected chi connectivity index (χ1v) is 13.0. The smallest absolute Gasteiger partial charge is 0.273 e. The van der Waals surface area contributed by atoms with Crippen LogP contribution < -0.4 is 9.62 Å². The van der Waals surface area contributed by atoms with Crippen LogP contribution in [0.3, 0.4) is 0 Å². The molecule has 0 saturated heterocycles. The van der Waals surface area contributed by atoms with Gasteiger partial charge in [0, 0.05) is 17.8 Å². The maximum Gasteiger partial charge on any atom is 0.273 e. The molecule has 1 aromatic heterocycles. The van der Waals surface area contributed by atoms with E-state index in [4.69, 9.17) is 0 Å². The normalized spacial score (nSPS) is 13.4. The fourth-order valence-electron chi connectivity index (χ4n) is 4.06. The number of thiophene rings is 1. The highest BCUT2D eigenvalue weighted by atomic mass is 32.2. The Labute approximate surface area is 197 Å². The summed E-state index contributed by atoms with van der Waals surface area (Å²) in [5.41, 5.74) is 4.96. The number of amides is 1. The number of nitrogens with one attached hydrogen (secondary N) is 1. The van der Waals surface area contributed by atoms with Crippen molar-refractivity contribution in [2.75, 3.05) is 16.2 Å². The largest absolute Gasteiger partial charge is 0.322 e. The van der Waals surface area contributed by atoms with Gasteiger partial charge in [-0.05, 0) is 71.3 Å². The highest BCUT2D eigenvalue weighted by Crippen LogP contribution is 2.35. The Morgan fingerprint density at radius 2 is 1.64 bits per heavy atom. The molecule has 166 valence electrons. The molecule has 1 aliphatic heterocycles. The van der Waals surface area contributed by atoms with E-state index in [1.807, 2.05) is 60.7 Å². The summed E-state index contributed by atoms with van der Waals surface area (Å²) in [6, 6.07) is 26.3. The summed E-state index contributed by atoms with van der Waals surface area (Å²) in [7, 11) is -3.57. The van der Waals surface area contributed by atoms with Gasteiger partial charge in [0.15, 0.2) is 0 Å². The Hall–Kier alpha value is -3.42. The molecule has 1 aliphatic rings. The number of carbonyl (C=O) groups is 1. The van der Waals surface area contributed by atoms with Crippen LogP contribution in [0, 0.1) is 0 Å². The van der Waals surface area contributed by atoms with Gasteiger partial charge in [-0.3, -0.25) is 9.10 Å². The molecule has 33 heavy (non-hydrogen) atoms. The molecule has 2 heterocycles. The number of carbonyl (C=O) groups excluding carboxylic acids is 1. The number of sulfonamides is 1. The van der Waals surface area contributed by atoms with Crippen molar-refractivity contribution in [3.63, 3.8) is 0 Å². The third-order valence-corrected chi connectivity index (χ3v) is 8.89. The summed E-state index contributed by atoms with van der Waals surface area (Å²) in [6.45, 7) is 0.451. The lowest BCUT2D eigenvalue weighted by Crippen LogP contribution is -2.35. The minimum Gasteiger partial charge on any atom is -0.322 e. The number of anilines is 2. The van der Waals surface area contributed by atoms with Crippen LogP contribution in [-0.4, -0.2) is 20.9 Å². The Morgan fingerprint density at radius 1 is 0.879 bits per heavy atom.